The zero-order valence-electron chi connectivity index (χ0n) is 18.9. The van der Waals surface area contributed by atoms with E-state index in [2.05, 4.69) is 94.7 Å². The van der Waals surface area contributed by atoms with Gasteiger partial charge in [0.2, 0.25) is 0 Å². The molecular formula is C28H24N6. The highest BCUT2D eigenvalue weighted by atomic mass is 15.4. The van der Waals surface area contributed by atoms with Crippen LogP contribution in [0.5, 0.6) is 0 Å². The van der Waals surface area contributed by atoms with Crippen molar-refractivity contribution in [3.63, 3.8) is 0 Å². The van der Waals surface area contributed by atoms with Crippen molar-refractivity contribution in [3.05, 3.63) is 96.1 Å². The Morgan fingerprint density at radius 2 is 1.79 bits per heavy atom. The Labute approximate surface area is 199 Å². The van der Waals surface area contributed by atoms with Gasteiger partial charge < -0.3 is 20.0 Å². The number of benzene rings is 2. The van der Waals surface area contributed by atoms with Crippen LogP contribution in [0.15, 0.2) is 73.9 Å². The molecule has 6 heteroatoms. The highest BCUT2D eigenvalue weighted by Crippen LogP contribution is 2.71. The molecule has 2 aromatic carbocycles. The Hall–Kier alpha value is -4.16. The lowest BCUT2D eigenvalue weighted by molar-refractivity contribution is -0.0228. The Bertz CT molecular complexity index is 1390. The number of rotatable bonds is 1. The summed E-state index contributed by atoms with van der Waals surface area (Å²) in [5.74, 6) is 0.732. The van der Waals surface area contributed by atoms with Gasteiger partial charge in [-0.3, -0.25) is 0 Å². The van der Waals surface area contributed by atoms with E-state index >= 15 is 0 Å². The SMILES string of the molecule is C=CC1C2C3NC=CN3c3ccc(C#N)cc3C2C12CC1N(C)C=CN1c1ccc(C#N)cc12. The molecule has 6 nitrogen and oxygen atoms in total. The maximum Gasteiger partial charge on any atom is 0.107 e. The van der Waals surface area contributed by atoms with E-state index in [1.807, 2.05) is 18.3 Å². The van der Waals surface area contributed by atoms with Gasteiger partial charge in [0.15, 0.2) is 0 Å². The summed E-state index contributed by atoms with van der Waals surface area (Å²) in [5.41, 5.74) is 5.93. The molecule has 7 rings (SSSR count). The summed E-state index contributed by atoms with van der Waals surface area (Å²) >= 11 is 0. The number of hydrogen-bond donors (Lipinski definition) is 1. The second kappa shape index (κ2) is 6.46. The van der Waals surface area contributed by atoms with Gasteiger partial charge in [0.25, 0.3) is 0 Å². The quantitative estimate of drug-likeness (QED) is 0.669. The molecule has 0 radical (unpaired) electrons. The zero-order valence-corrected chi connectivity index (χ0v) is 18.9. The molecule has 166 valence electrons. The fraction of sp³-hybridized carbons (Fsp3) is 0.286. The highest BCUT2D eigenvalue weighted by molar-refractivity contribution is 5.72. The minimum Gasteiger partial charge on any atom is -0.369 e. The number of nitrogens with zero attached hydrogens (tertiary/aromatic N) is 5. The first-order valence-corrected chi connectivity index (χ1v) is 11.7. The Balaban J connectivity index is 1.51. The van der Waals surface area contributed by atoms with Crippen LogP contribution >= 0.6 is 0 Å². The molecule has 1 spiro atoms. The van der Waals surface area contributed by atoms with Crippen LogP contribution < -0.4 is 15.1 Å². The molecule has 5 aliphatic rings. The monoisotopic (exact) mass is 444 g/mol. The third kappa shape index (κ3) is 2.10. The van der Waals surface area contributed by atoms with E-state index in [0.29, 0.717) is 17.0 Å². The van der Waals surface area contributed by atoms with Gasteiger partial charge in [0.1, 0.15) is 12.3 Å². The van der Waals surface area contributed by atoms with Gasteiger partial charge in [0.05, 0.1) is 23.3 Å². The van der Waals surface area contributed by atoms with Gasteiger partial charge in [-0.25, -0.2) is 0 Å². The number of allylic oxidation sites excluding steroid dienone is 1. The van der Waals surface area contributed by atoms with Crippen molar-refractivity contribution in [2.45, 2.75) is 30.1 Å². The minimum atomic E-state index is -0.213. The van der Waals surface area contributed by atoms with Gasteiger partial charge in [0, 0.05) is 60.5 Å². The summed E-state index contributed by atoms with van der Waals surface area (Å²) in [6, 6.07) is 16.9. The van der Waals surface area contributed by atoms with Crippen LogP contribution in [0.4, 0.5) is 11.4 Å². The molecule has 0 bridgehead atoms. The van der Waals surface area contributed by atoms with Crippen LogP contribution in [0.25, 0.3) is 0 Å². The zero-order chi connectivity index (χ0) is 23.2. The average Bonchev–Trinajstić information content (AvgIpc) is 3.49. The highest BCUT2D eigenvalue weighted by Gasteiger charge is 2.69. The van der Waals surface area contributed by atoms with E-state index in [0.717, 1.165) is 12.1 Å². The summed E-state index contributed by atoms with van der Waals surface area (Å²) in [7, 11) is 2.13. The smallest absolute Gasteiger partial charge is 0.107 e. The molecule has 0 aromatic heterocycles. The molecule has 0 saturated heterocycles. The first-order valence-electron chi connectivity index (χ1n) is 11.7. The van der Waals surface area contributed by atoms with Crippen LogP contribution in [0.3, 0.4) is 0 Å². The molecule has 1 aliphatic carbocycles. The van der Waals surface area contributed by atoms with Crippen LogP contribution in [0.1, 0.15) is 34.6 Å². The number of nitriles is 2. The lowest BCUT2D eigenvalue weighted by Crippen LogP contribution is -2.70. The standard InChI is InChI=1S/C28H24N6/c1-3-20-25-26(19-12-17(15-29)4-6-22(19)34-9-8-31-27(25)34)28(20)14-24-32(2)10-11-33(24)23-7-5-18(16-30)13-21(23)28/h3-13,20,24-27,31H,1,14H2,2H3. The van der Waals surface area contributed by atoms with Gasteiger partial charge in [-0.05, 0) is 59.9 Å². The number of nitrogens with one attached hydrogen (secondary N) is 1. The Morgan fingerprint density at radius 3 is 2.56 bits per heavy atom. The van der Waals surface area contributed by atoms with Crippen molar-refractivity contribution in [1.29, 1.82) is 10.5 Å². The van der Waals surface area contributed by atoms with Crippen LogP contribution in [-0.4, -0.2) is 24.3 Å². The molecule has 2 aromatic rings. The molecule has 34 heavy (non-hydrogen) atoms. The summed E-state index contributed by atoms with van der Waals surface area (Å²) < 4.78 is 0. The molecule has 1 N–H and O–H groups in total. The van der Waals surface area contributed by atoms with E-state index in [4.69, 9.17) is 0 Å². The number of anilines is 2. The van der Waals surface area contributed by atoms with E-state index in [-0.39, 0.29) is 29.6 Å². The Kier molecular flexibility index (Phi) is 3.67. The van der Waals surface area contributed by atoms with Gasteiger partial charge in [-0.15, -0.1) is 6.58 Å². The second-order valence-corrected chi connectivity index (χ2v) is 9.98. The number of fused-ring (bicyclic) bond motifs is 11. The van der Waals surface area contributed by atoms with Gasteiger partial charge in [-0.2, -0.15) is 10.5 Å². The molecule has 1 fully saturated rings. The van der Waals surface area contributed by atoms with Crippen molar-refractivity contribution in [2.75, 3.05) is 16.8 Å². The summed E-state index contributed by atoms with van der Waals surface area (Å²) in [5, 5.41) is 23.1. The maximum absolute atomic E-state index is 9.77. The largest absolute Gasteiger partial charge is 0.369 e. The normalized spacial score (nSPS) is 33.0. The van der Waals surface area contributed by atoms with Crippen LogP contribution in [0.2, 0.25) is 0 Å². The average molecular weight is 445 g/mol. The molecule has 6 unspecified atom stereocenters. The maximum atomic E-state index is 9.77. The summed E-state index contributed by atoms with van der Waals surface area (Å²) in [6.45, 7) is 4.32. The third-order valence-corrected chi connectivity index (χ3v) is 8.82. The molecule has 6 atom stereocenters. The molecular weight excluding hydrogens is 420 g/mol. The predicted molar refractivity (Wildman–Crippen MR) is 130 cm³/mol. The van der Waals surface area contributed by atoms with Crippen molar-refractivity contribution in [1.82, 2.24) is 10.2 Å². The van der Waals surface area contributed by atoms with E-state index in [9.17, 15) is 10.5 Å². The first-order chi connectivity index (χ1) is 16.6. The fourth-order valence-corrected chi connectivity index (χ4v) is 7.52. The van der Waals surface area contributed by atoms with Crippen molar-refractivity contribution in [3.8, 4) is 12.1 Å². The lowest BCUT2D eigenvalue weighted by atomic mass is 9.39. The summed E-state index contributed by atoms with van der Waals surface area (Å²) in [4.78, 5) is 6.94. The molecule has 0 amide bonds. The lowest BCUT2D eigenvalue weighted by Gasteiger charge is -2.68. The molecule has 4 heterocycles. The third-order valence-electron chi connectivity index (χ3n) is 8.82. The fourth-order valence-electron chi connectivity index (χ4n) is 7.52. The van der Waals surface area contributed by atoms with Crippen LogP contribution in [-0.2, 0) is 5.41 Å². The molecule has 1 saturated carbocycles. The van der Waals surface area contributed by atoms with Gasteiger partial charge in [-0.1, -0.05) is 6.08 Å². The second-order valence-electron chi connectivity index (χ2n) is 9.98. The van der Waals surface area contributed by atoms with Crippen molar-refractivity contribution in [2.24, 2.45) is 11.8 Å². The van der Waals surface area contributed by atoms with Gasteiger partial charge >= 0.3 is 0 Å². The molecule has 4 aliphatic heterocycles. The Morgan fingerprint density at radius 1 is 1.03 bits per heavy atom. The van der Waals surface area contributed by atoms with E-state index < -0.39 is 0 Å². The van der Waals surface area contributed by atoms with Crippen LogP contribution in [0, 0.1) is 34.5 Å². The summed E-state index contributed by atoms with van der Waals surface area (Å²) in [6.07, 6.45) is 11.8. The van der Waals surface area contributed by atoms with E-state index in [1.54, 1.807) is 0 Å². The predicted octanol–water partition coefficient (Wildman–Crippen LogP) is 4.06. The minimum absolute atomic E-state index is 0.152. The first kappa shape index (κ1) is 19.3. The van der Waals surface area contributed by atoms with E-state index in [1.165, 1.54) is 16.8 Å². The van der Waals surface area contributed by atoms with Crippen molar-refractivity contribution >= 4 is 11.4 Å². The topological polar surface area (TPSA) is 69.3 Å². The van der Waals surface area contributed by atoms with Crippen molar-refractivity contribution < 1.29 is 0 Å². The number of hydrogen-bond acceptors (Lipinski definition) is 6.